The molecule has 1 unspecified atom stereocenters. The zero-order valence-corrected chi connectivity index (χ0v) is 15.4. The molecule has 4 aromatic rings. The highest BCUT2D eigenvalue weighted by molar-refractivity contribution is 7.80. The van der Waals surface area contributed by atoms with Gasteiger partial charge in [-0.2, -0.15) is 17.6 Å². The van der Waals surface area contributed by atoms with Crippen LogP contribution in [0.25, 0.3) is 23.0 Å². The lowest BCUT2D eigenvalue weighted by molar-refractivity contribution is 0.381. The van der Waals surface area contributed by atoms with Crippen molar-refractivity contribution >= 4 is 24.2 Å². The molecule has 0 bridgehead atoms. The van der Waals surface area contributed by atoms with Gasteiger partial charge >= 0.3 is 0 Å². The molecule has 0 aliphatic heterocycles. The summed E-state index contributed by atoms with van der Waals surface area (Å²) in [5.41, 5.74) is 0.804. The summed E-state index contributed by atoms with van der Waals surface area (Å²) in [6.45, 7) is 2.64. The van der Waals surface area contributed by atoms with Gasteiger partial charge in [-0.15, -0.1) is 10.2 Å². The van der Waals surface area contributed by atoms with E-state index in [-0.39, 0.29) is 0 Å². The van der Waals surface area contributed by atoms with Crippen molar-refractivity contribution < 1.29 is 8.94 Å². The van der Waals surface area contributed by atoms with Gasteiger partial charge in [-0.1, -0.05) is 16.8 Å². The number of furan rings is 1. The van der Waals surface area contributed by atoms with E-state index in [2.05, 4.69) is 33.0 Å². The first kappa shape index (κ1) is 16.9. The minimum Gasteiger partial charge on any atom is -0.461 e. The Hall–Kier alpha value is -2.58. The molecular weight excluding hydrogens is 374 g/mol. The fourth-order valence-electron chi connectivity index (χ4n) is 2.59. The van der Waals surface area contributed by atoms with Crippen LogP contribution < -0.4 is 0 Å². The maximum absolute atomic E-state index is 5.91. The van der Waals surface area contributed by atoms with Crippen molar-refractivity contribution in [2.45, 2.75) is 18.7 Å². The monoisotopic (exact) mass is 387 g/mol. The third-order valence-electron chi connectivity index (χ3n) is 3.86. The molecule has 1 atom stereocenters. The second-order valence-corrected chi connectivity index (χ2v) is 6.42. The Morgan fingerprint density at radius 1 is 1.19 bits per heavy atom. The Kier molecular flexibility index (Phi) is 4.52. The fourth-order valence-corrected chi connectivity index (χ4v) is 3.01. The van der Waals surface area contributed by atoms with E-state index in [4.69, 9.17) is 20.5 Å². The van der Waals surface area contributed by atoms with Crippen LogP contribution in [0.4, 0.5) is 0 Å². The second kappa shape index (κ2) is 6.97. The molecule has 0 N–H and O–H groups in total. The van der Waals surface area contributed by atoms with Crippen molar-refractivity contribution in [3.05, 3.63) is 59.4 Å². The van der Waals surface area contributed by atoms with E-state index in [9.17, 15) is 0 Å². The van der Waals surface area contributed by atoms with Crippen LogP contribution in [0.3, 0.4) is 0 Å². The molecule has 7 nitrogen and oxygen atoms in total. The van der Waals surface area contributed by atoms with E-state index in [1.165, 1.54) is 0 Å². The maximum Gasteiger partial charge on any atom is 0.247 e. The lowest BCUT2D eigenvalue weighted by Gasteiger charge is -2.08. The molecule has 0 aliphatic rings. The number of aromatic nitrogens is 5. The molecule has 4 rings (SSSR count). The van der Waals surface area contributed by atoms with Crippen LogP contribution in [0, 0.1) is 0 Å². The number of nitrogens with zero attached hydrogens (tertiary/aromatic N) is 5. The van der Waals surface area contributed by atoms with Crippen LogP contribution >= 0.6 is 24.2 Å². The van der Waals surface area contributed by atoms with Gasteiger partial charge in [-0.25, -0.2) is 0 Å². The van der Waals surface area contributed by atoms with Crippen molar-refractivity contribution in [1.82, 2.24) is 24.9 Å². The average Bonchev–Trinajstić information content (AvgIpc) is 3.40. The normalized spacial score (nSPS) is 12.4. The van der Waals surface area contributed by atoms with Gasteiger partial charge in [0.2, 0.25) is 11.7 Å². The lowest BCUT2D eigenvalue weighted by atomic mass is 10.2. The molecule has 3 heterocycles. The number of hydrogen-bond donors (Lipinski definition) is 1. The van der Waals surface area contributed by atoms with E-state index >= 15 is 0 Å². The topological polar surface area (TPSA) is 82.8 Å². The molecule has 0 saturated heterocycles. The van der Waals surface area contributed by atoms with Crippen molar-refractivity contribution in [1.29, 1.82) is 0 Å². The van der Waals surface area contributed by atoms with E-state index in [1.54, 1.807) is 24.5 Å². The molecule has 0 aliphatic carbocycles. The summed E-state index contributed by atoms with van der Waals surface area (Å²) in [4.78, 5) is 4.43. The van der Waals surface area contributed by atoms with Crippen molar-refractivity contribution in [2.24, 2.45) is 0 Å². The second-order valence-electron chi connectivity index (χ2n) is 5.47. The Balaban J connectivity index is 1.66. The average molecular weight is 388 g/mol. The summed E-state index contributed by atoms with van der Waals surface area (Å²) in [7, 11) is 0. The molecule has 0 radical (unpaired) electrons. The zero-order valence-electron chi connectivity index (χ0n) is 13.7. The van der Waals surface area contributed by atoms with Crippen LogP contribution in [0.5, 0.6) is 0 Å². The Bertz CT molecular complexity index is 1010. The SMILES string of the molecule is CCn1c(-c2ccco2)nnc1C(S)c1nc(-c2ccc(Cl)cc2)no1. The predicted octanol–water partition coefficient (Wildman–Crippen LogP) is 4.28. The van der Waals surface area contributed by atoms with Crippen molar-refractivity contribution in [3.8, 4) is 23.0 Å². The van der Waals surface area contributed by atoms with Gasteiger partial charge in [-0.05, 0) is 43.3 Å². The van der Waals surface area contributed by atoms with E-state index in [0.29, 0.717) is 40.7 Å². The van der Waals surface area contributed by atoms with Gasteiger partial charge in [0, 0.05) is 17.1 Å². The van der Waals surface area contributed by atoms with E-state index in [1.807, 2.05) is 29.7 Å². The summed E-state index contributed by atoms with van der Waals surface area (Å²) >= 11 is 10.5. The van der Waals surface area contributed by atoms with Crippen LogP contribution in [0.15, 0.2) is 51.6 Å². The smallest absolute Gasteiger partial charge is 0.247 e. The third kappa shape index (κ3) is 3.02. The van der Waals surface area contributed by atoms with Gasteiger partial charge in [0.05, 0.1) is 6.26 Å². The Labute approximate surface area is 159 Å². The molecular formula is C17H14ClN5O2S. The molecule has 0 spiro atoms. The molecule has 0 fully saturated rings. The van der Waals surface area contributed by atoms with Crippen LogP contribution in [-0.2, 0) is 6.54 Å². The molecule has 132 valence electrons. The third-order valence-corrected chi connectivity index (χ3v) is 4.56. The predicted molar refractivity (Wildman–Crippen MR) is 99.0 cm³/mol. The summed E-state index contributed by atoms with van der Waals surface area (Å²) in [6.07, 6.45) is 1.60. The number of thiol groups is 1. The van der Waals surface area contributed by atoms with Crippen LogP contribution in [0.2, 0.25) is 5.02 Å². The van der Waals surface area contributed by atoms with Gasteiger partial charge in [0.1, 0.15) is 5.25 Å². The summed E-state index contributed by atoms with van der Waals surface area (Å²) in [6, 6.07) is 10.8. The van der Waals surface area contributed by atoms with Gasteiger partial charge < -0.3 is 13.5 Å². The van der Waals surface area contributed by atoms with Crippen molar-refractivity contribution in [2.75, 3.05) is 0 Å². The molecule has 26 heavy (non-hydrogen) atoms. The first-order chi connectivity index (χ1) is 12.7. The number of benzene rings is 1. The maximum atomic E-state index is 5.91. The van der Waals surface area contributed by atoms with Crippen LogP contribution in [-0.4, -0.2) is 24.9 Å². The van der Waals surface area contributed by atoms with E-state index < -0.39 is 5.25 Å². The molecule has 9 heteroatoms. The summed E-state index contributed by atoms with van der Waals surface area (Å²) < 4.78 is 12.7. The lowest BCUT2D eigenvalue weighted by Crippen LogP contribution is -2.07. The van der Waals surface area contributed by atoms with E-state index in [0.717, 1.165) is 5.56 Å². The summed E-state index contributed by atoms with van der Waals surface area (Å²) in [5, 5.41) is 12.6. The molecule has 0 saturated carbocycles. The fraction of sp³-hybridized carbons (Fsp3) is 0.176. The quantitative estimate of drug-likeness (QED) is 0.514. The number of hydrogen-bond acceptors (Lipinski definition) is 7. The minimum atomic E-state index is -0.514. The zero-order chi connectivity index (χ0) is 18.1. The highest BCUT2D eigenvalue weighted by atomic mass is 35.5. The number of rotatable bonds is 5. The number of halogens is 1. The largest absolute Gasteiger partial charge is 0.461 e. The highest BCUT2D eigenvalue weighted by Gasteiger charge is 2.25. The minimum absolute atomic E-state index is 0.339. The molecule has 3 aromatic heterocycles. The first-order valence-electron chi connectivity index (χ1n) is 7.92. The highest BCUT2D eigenvalue weighted by Crippen LogP contribution is 2.30. The van der Waals surface area contributed by atoms with Crippen molar-refractivity contribution in [3.63, 3.8) is 0 Å². The van der Waals surface area contributed by atoms with Crippen LogP contribution in [0.1, 0.15) is 23.9 Å². The van der Waals surface area contributed by atoms with Gasteiger partial charge in [0.25, 0.3) is 0 Å². The van der Waals surface area contributed by atoms with Gasteiger partial charge in [-0.3, -0.25) is 0 Å². The first-order valence-corrected chi connectivity index (χ1v) is 8.81. The molecule has 1 aromatic carbocycles. The Morgan fingerprint density at radius 3 is 2.69 bits per heavy atom. The standard InChI is InChI=1S/C17H14ClN5O2S/c1-2-23-15(12-4-3-9-24-12)20-21-16(23)13(26)17-19-14(22-25-17)10-5-7-11(18)8-6-10/h3-9,13,26H,2H2,1H3. The Morgan fingerprint density at radius 2 is 2.00 bits per heavy atom. The summed E-state index contributed by atoms with van der Waals surface area (Å²) in [5.74, 6) is 2.67. The molecule has 0 amide bonds. The van der Waals surface area contributed by atoms with Gasteiger partial charge in [0.15, 0.2) is 17.4 Å².